The largest absolute Gasteiger partial charge is 0.399 e. The Hall–Kier alpha value is -1.85. The van der Waals surface area contributed by atoms with Gasteiger partial charge in [0.05, 0.1) is 9.79 Å². The zero-order valence-electron chi connectivity index (χ0n) is 9.71. The van der Waals surface area contributed by atoms with Crippen molar-refractivity contribution >= 4 is 15.5 Å². The summed E-state index contributed by atoms with van der Waals surface area (Å²) < 4.78 is 24.5. The van der Waals surface area contributed by atoms with Crippen molar-refractivity contribution in [1.82, 2.24) is 0 Å². The molecule has 0 unspecified atom stereocenters. The number of nitrogens with two attached hydrogens (primary N) is 2. The lowest BCUT2D eigenvalue weighted by atomic mass is 10.2. The van der Waals surface area contributed by atoms with Crippen LogP contribution in [0.25, 0.3) is 0 Å². The van der Waals surface area contributed by atoms with Crippen LogP contribution in [0.4, 0.5) is 5.69 Å². The van der Waals surface area contributed by atoms with Gasteiger partial charge in [-0.3, -0.25) is 0 Å². The highest BCUT2D eigenvalue weighted by Crippen LogP contribution is 2.21. The molecule has 2 aromatic rings. The average Bonchev–Trinajstić information content (AvgIpc) is 2.39. The number of nitrogen functional groups attached to an aromatic ring is 1. The smallest absolute Gasteiger partial charge is 0.206 e. The van der Waals surface area contributed by atoms with E-state index in [1.807, 2.05) is 0 Å². The summed E-state index contributed by atoms with van der Waals surface area (Å²) in [5.74, 6) is 0. The molecule has 0 saturated heterocycles. The average molecular weight is 262 g/mol. The number of benzene rings is 2. The summed E-state index contributed by atoms with van der Waals surface area (Å²) in [5.41, 5.74) is 12.4. The molecule has 0 bridgehead atoms. The zero-order chi connectivity index (χ0) is 13.2. The van der Waals surface area contributed by atoms with Crippen LogP contribution in [0.1, 0.15) is 5.56 Å². The minimum absolute atomic E-state index is 0.234. The third-order valence-electron chi connectivity index (χ3n) is 2.66. The molecule has 0 aromatic heterocycles. The van der Waals surface area contributed by atoms with Crippen molar-refractivity contribution < 1.29 is 8.42 Å². The maximum atomic E-state index is 12.3. The van der Waals surface area contributed by atoms with E-state index in [1.165, 1.54) is 12.1 Å². The molecule has 18 heavy (non-hydrogen) atoms. The van der Waals surface area contributed by atoms with Crippen LogP contribution in [-0.2, 0) is 16.4 Å². The predicted molar refractivity (Wildman–Crippen MR) is 70.6 cm³/mol. The third kappa shape index (κ3) is 2.37. The Labute approximate surface area is 106 Å². The Morgan fingerprint density at radius 2 is 1.28 bits per heavy atom. The summed E-state index contributed by atoms with van der Waals surface area (Å²) >= 11 is 0. The Morgan fingerprint density at radius 3 is 1.72 bits per heavy atom. The lowest BCUT2D eigenvalue weighted by Crippen LogP contribution is -2.03. The Bertz CT molecular complexity index is 632. The van der Waals surface area contributed by atoms with Crippen LogP contribution >= 0.6 is 0 Å². The topological polar surface area (TPSA) is 86.2 Å². The van der Waals surface area contributed by atoms with Crippen molar-refractivity contribution in [3.8, 4) is 0 Å². The van der Waals surface area contributed by atoms with E-state index in [0.717, 1.165) is 5.56 Å². The van der Waals surface area contributed by atoms with E-state index >= 15 is 0 Å². The lowest BCUT2D eigenvalue weighted by molar-refractivity contribution is 0.596. The van der Waals surface area contributed by atoms with Gasteiger partial charge in [-0.1, -0.05) is 12.1 Å². The Kier molecular flexibility index (Phi) is 3.36. The minimum atomic E-state index is -3.48. The van der Waals surface area contributed by atoms with Crippen molar-refractivity contribution in [2.45, 2.75) is 16.3 Å². The molecule has 4 N–H and O–H groups in total. The first-order valence-corrected chi connectivity index (χ1v) is 6.92. The molecule has 2 aromatic carbocycles. The normalized spacial score (nSPS) is 11.4. The molecule has 0 saturated carbocycles. The SMILES string of the molecule is NCc1ccc(S(=O)(=O)c2ccc(N)cc2)cc1. The summed E-state index contributed by atoms with van der Waals surface area (Å²) in [7, 11) is -3.48. The first-order chi connectivity index (χ1) is 8.54. The summed E-state index contributed by atoms with van der Waals surface area (Å²) in [5, 5.41) is 0. The number of sulfone groups is 1. The molecule has 0 radical (unpaired) electrons. The van der Waals surface area contributed by atoms with Crippen molar-refractivity contribution in [3.63, 3.8) is 0 Å². The van der Waals surface area contributed by atoms with E-state index in [2.05, 4.69) is 0 Å². The summed E-state index contributed by atoms with van der Waals surface area (Å²) in [6.07, 6.45) is 0. The third-order valence-corrected chi connectivity index (χ3v) is 4.45. The van der Waals surface area contributed by atoms with Crippen LogP contribution in [0.15, 0.2) is 58.3 Å². The van der Waals surface area contributed by atoms with Gasteiger partial charge in [-0.15, -0.1) is 0 Å². The van der Waals surface area contributed by atoms with E-state index in [4.69, 9.17) is 11.5 Å². The van der Waals surface area contributed by atoms with Gasteiger partial charge in [0.15, 0.2) is 0 Å². The molecule has 0 fully saturated rings. The van der Waals surface area contributed by atoms with Crippen LogP contribution in [0.3, 0.4) is 0 Å². The molecule has 0 atom stereocenters. The van der Waals surface area contributed by atoms with Crippen LogP contribution < -0.4 is 11.5 Å². The molecule has 5 heteroatoms. The zero-order valence-corrected chi connectivity index (χ0v) is 10.5. The number of hydrogen-bond acceptors (Lipinski definition) is 4. The van der Waals surface area contributed by atoms with E-state index in [-0.39, 0.29) is 9.79 Å². The predicted octanol–water partition coefficient (Wildman–Crippen LogP) is 1.56. The van der Waals surface area contributed by atoms with Crippen LogP contribution in [0, 0.1) is 0 Å². The molecule has 0 spiro atoms. The number of anilines is 1. The number of hydrogen-bond donors (Lipinski definition) is 2. The van der Waals surface area contributed by atoms with Crippen molar-refractivity contribution in [2.24, 2.45) is 5.73 Å². The molecule has 0 aliphatic carbocycles. The molecular formula is C13H14N2O2S. The maximum Gasteiger partial charge on any atom is 0.206 e. The molecule has 0 aliphatic heterocycles. The van der Waals surface area contributed by atoms with Gasteiger partial charge in [-0.25, -0.2) is 8.42 Å². The van der Waals surface area contributed by atoms with E-state index in [1.54, 1.807) is 36.4 Å². The molecule has 0 amide bonds. The first-order valence-electron chi connectivity index (χ1n) is 5.43. The molecule has 94 valence electrons. The van der Waals surface area contributed by atoms with Crippen molar-refractivity contribution in [1.29, 1.82) is 0 Å². The van der Waals surface area contributed by atoms with Gasteiger partial charge in [0.2, 0.25) is 9.84 Å². The van der Waals surface area contributed by atoms with Crippen LogP contribution in [-0.4, -0.2) is 8.42 Å². The van der Waals surface area contributed by atoms with Gasteiger partial charge in [0, 0.05) is 12.2 Å². The fourth-order valence-corrected chi connectivity index (χ4v) is 2.85. The van der Waals surface area contributed by atoms with Gasteiger partial charge in [-0.05, 0) is 42.0 Å². The fraction of sp³-hybridized carbons (Fsp3) is 0.0769. The van der Waals surface area contributed by atoms with E-state index in [9.17, 15) is 8.42 Å². The minimum Gasteiger partial charge on any atom is -0.399 e. The summed E-state index contributed by atoms with van der Waals surface area (Å²) in [6, 6.07) is 12.7. The fourth-order valence-electron chi connectivity index (χ4n) is 1.59. The highest BCUT2D eigenvalue weighted by Gasteiger charge is 2.16. The van der Waals surface area contributed by atoms with Crippen LogP contribution in [0.2, 0.25) is 0 Å². The standard InChI is InChI=1S/C13H14N2O2S/c14-9-10-1-5-12(6-2-10)18(16,17)13-7-3-11(15)4-8-13/h1-8H,9,14-15H2. The van der Waals surface area contributed by atoms with Gasteiger partial charge in [0.25, 0.3) is 0 Å². The maximum absolute atomic E-state index is 12.3. The van der Waals surface area contributed by atoms with Gasteiger partial charge < -0.3 is 11.5 Å². The quantitative estimate of drug-likeness (QED) is 0.822. The Morgan fingerprint density at radius 1 is 0.833 bits per heavy atom. The van der Waals surface area contributed by atoms with Gasteiger partial charge >= 0.3 is 0 Å². The second kappa shape index (κ2) is 4.80. The lowest BCUT2D eigenvalue weighted by Gasteiger charge is -2.05. The summed E-state index contributed by atoms with van der Waals surface area (Å²) in [6.45, 7) is 0.391. The van der Waals surface area contributed by atoms with E-state index < -0.39 is 9.84 Å². The summed E-state index contributed by atoms with van der Waals surface area (Å²) in [4.78, 5) is 0.488. The molecule has 0 heterocycles. The molecular weight excluding hydrogens is 248 g/mol. The monoisotopic (exact) mass is 262 g/mol. The molecule has 2 rings (SSSR count). The first kappa shape index (κ1) is 12.6. The van der Waals surface area contributed by atoms with E-state index in [0.29, 0.717) is 12.2 Å². The second-order valence-electron chi connectivity index (χ2n) is 3.92. The van der Waals surface area contributed by atoms with Crippen LogP contribution in [0.5, 0.6) is 0 Å². The molecule has 4 nitrogen and oxygen atoms in total. The van der Waals surface area contributed by atoms with Crippen molar-refractivity contribution in [2.75, 3.05) is 5.73 Å². The highest BCUT2D eigenvalue weighted by molar-refractivity contribution is 7.91. The van der Waals surface area contributed by atoms with Gasteiger partial charge in [-0.2, -0.15) is 0 Å². The number of rotatable bonds is 3. The highest BCUT2D eigenvalue weighted by atomic mass is 32.2. The molecule has 0 aliphatic rings. The second-order valence-corrected chi connectivity index (χ2v) is 5.87. The Balaban J connectivity index is 2.44. The van der Waals surface area contributed by atoms with Crippen molar-refractivity contribution in [3.05, 3.63) is 54.1 Å². The van der Waals surface area contributed by atoms with Gasteiger partial charge in [0.1, 0.15) is 0 Å².